The molecule has 0 unspecified atom stereocenters. The van der Waals surface area contributed by atoms with E-state index in [1.165, 1.54) is 148 Å². The smallest absolute Gasteiger partial charge is 0.0443 e. The van der Waals surface area contributed by atoms with Gasteiger partial charge in [0.2, 0.25) is 0 Å². The van der Waals surface area contributed by atoms with Crippen LogP contribution in [0.2, 0.25) is 0 Å². The minimum absolute atomic E-state index is 0.958. The molecule has 0 spiro atoms. The van der Waals surface area contributed by atoms with Gasteiger partial charge in [-0.15, -0.1) is 0 Å². The molecule has 0 aliphatic heterocycles. The SMILES string of the molecule is CCCCCCCCCCCC[C@H](C)CCC[C@H](C)CCCCCCCCCC. The summed E-state index contributed by atoms with van der Waals surface area (Å²) in [6.45, 7) is 9.60. The van der Waals surface area contributed by atoms with Crippen molar-refractivity contribution in [2.45, 2.75) is 175 Å². The second-order valence-electron chi connectivity index (χ2n) is 10.4. The van der Waals surface area contributed by atoms with E-state index in [-0.39, 0.29) is 0 Å². The second-order valence-corrected chi connectivity index (χ2v) is 10.4. The van der Waals surface area contributed by atoms with Crippen LogP contribution in [0.1, 0.15) is 175 Å². The Morgan fingerprint density at radius 1 is 0.310 bits per heavy atom. The third-order valence-electron chi connectivity index (χ3n) is 6.99. The molecule has 0 nitrogen and oxygen atoms in total. The van der Waals surface area contributed by atoms with Crippen LogP contribution in [-0.4, -0.2) is 0 Å². The summed E-state index contributed by atoms with van der Waals surface area (Å²) < 4.78 is 0. The molecule has 0 aromatic carbocycles. The van der Waals surface area contributed by atoms with Crippen molar-refractivity contribution in [1.82, 2.24) is 0 Å². The van der Waals surface area contributed by atoms with Crippen LogP contribution >= 0.6 is 0 Å². The highest BCUT2D eigenvalue weighted by atomic mass is 14.1. The Hall–Kier alpha value is 0. The molecule has 0 aromatic heterocycles. The zero-order valence-electron chi connectivity index (χ0n) is 21.4. The van der Waals surface area contributed by atoms with E-state index in [0.29, 0.717) is 0 Å². The Kier molecular flexibility index (Phi) is 24.3. The maximum Gasteiger partial charge on any atom is -0.0443 e. The molecule has 0 amide bonds. The summed E-state index contributed by atoms with van der Waals surface area (Å²) in [5.74, 6) is 1.92. The summed E-state index contributed by atoms with van der Waals surface area (Å²) in [7, 11) is 0. The van der Waals surface area contributed by atoms with E-state index in [2.05, 4.69) is 27.7 Å². The molecule has 0 radical (unpaired) electrons. The molecular weight excluding hydrogens is 348 g/mol. The van der Waals surface area contributed by atoms with Gasteiger partial charge in [0.15, 0.2) is 0 Å². The van der Waals surface area contributed by atoms with Crippen molar-refractivity contribution < 1.29 is 0 Å². The third kappa shape index (κ3) is 24.1. The Morgan fingerprint density at radius 3 is 0.862 bits per heavy atom. The van der Waals surface area contributed by atoms with E-state index >= 15 is 0 Å². The molecule has 0 bridgehead atoms. The molecule has 0 aliphatic carbocycles. The minimum atomic E-state index is 0.958. The molecule has 0 rings (SSSR count). The fourth-order valence-corrected chi connectivity index (χ4v) is 4.71. The molecule has 0 fully saturated rings. The van der Waals surface area contributed by atoms with Crippen molar-refractivity contribution >= 4 is 0 Å². The van der Waals surface area contributed by atoms with E-state index in [1.54, 1.807) is 0 Å². The Labute approximate surface area is 187 Å². The van der Waals surface area contributed by atoms with E-state index in [1.807, 2.05) is 0 Å². The molecule has 0 saturated heterocycles. The average molecular weight is 409 g/mol. The maximum atomic E-state index is 2.50. The third-order valence-corrected chi connectivity index (χ3v) is 6.99. The van der Waals surface area contributed by atoms with E-state index in [0.717, 1.165) is 11.8 Å². The van der Waals surface area contributed by atoms with E-state index < -0.39 is 0 Å². The molecule has 0 aromatic rings. The van der Waals surface area contributed by atoms with Gasteiger partial charge >= 0.3 is 0 Å². The monoisotopic (exact) mass is 408 g/mol. The van der Waals surface area contributed by atoms with Gasteiger partial charge in [-0.05, 0) is 11.8 Å². The van der Waals surface area contributed by atoms with Gasteiger partial charge < -0.3 is 0 Å². The fraction of sp³-hybridized carbons (Fsp3) is 1.00. The van der Waals surface area contributed by atoms with Crippen LogP contribution in [0.4, 0.5) is 0 Å². The van der Waals surface area contributed by atoms with Crippen molar-refractivity contribution in [1.29, 1.82) is 0 Å². The normalized spacial score (nSPS) is 13.7. The summed E-state index contributed by atoms with van der Waals surface area (Å²) in [6, 6.07) is 0. The molecule has 0 aliphatic rings. The maximum absolute atomic E-state index is 2.50. The highest BCUT2D eigenvalue weighted by Gasteiger charge is 2.06. The van der Waals surface area contributed by atoms with E-state index in [9.17, 15) is 0 Å². The van der Waals surface area contributed by atoms with Crippen molar-refractivity contribution in [2.24, 2.45) is 11.8 Å². The Bertz CT molecular complexity index is 282. The van der Waals surface area contributed by atoms with Crippen molar-refractivity contribution in [3.05, 3.63) is 0 Å². The van der Waals surface area contributed by atoms with Gasteiger partial charge in [-0.1, -0.05) is 175 Å². The molecule has 0 heteroatoms. The van der Waals surface area contributed by atoms with Crippen molar-refractivity contribution in [3.63, 3.8) is 0 Å². The summed E-state index contributed by atoms with van der Waals surface area (Å²) in [4.78, 5) is 0. The number of unbranched alkanes of at least 4 members (excludes halogenated alkanes) is 16. The summed E-state index contributed by atoms with van der Waals surface area (Å²) in [6.07, 6.45) is 33.6. The lowest BCUT2D eigenvalue weighted by atomic mass is 9.92. The molecule has 0 saturated carbocycles. The molecule has 29 heavy (non-hydrogen) atoms. The lowest BCUT2D eigenvalue weighted by molar-refractivity contribution is 0.390. The van der Waals surface area contributed by atoms with E-state index in [4.69, 9.17) is 0 Å². The summed E-state index contributed by atoms with van der Waals surface area (Å²) >= 11 is 0. The second kappa shape index (κ2) is 24.3. The van der Waals surface area contributed by atoms with Gasteiger partial charge in [0.25, 0.3) is 0 Å². The molecule has 176 valence electrons. The summed E-state index contributed by atoms with van der Waals surface area (Å²) in [5, 5.41) is 0. The largest absolute Gasteiger partial charge is 0.0654 e. The molecule has 2 atom stereocenters. The Morgan fingerprint density at radius 2 is 0.552 bits per heavy atom. The first kappa shape index (κ1) is 29.0. The predicted octanol–water partition coefficient (Wildman–Crippen LogP) is 11.3. The highest BCUT2D eigenvalue weighted by Crippen LogP contribution is 2.22. The zero-order chi connectivity index (χ0) is 21.4. The first-order valence-electron chi connectivity index (χ1n) is 14.2. The first-order valence-corrected chi connectivity index (χ1v) is 14.2. The highest BCUT2D eigenvalue weighted by molar-refractivity contribution is 4.59. The van der Waals surface area contributed by atoms with Crippen molar-refractivity contribution in [2.75, 3.05) is 0 Å². The van der Waals surface area contributed by atoms with Gasteiger partial charge in [-0.25, -0.2) is 0 Å². The summed E-state index contributed by atoms with van der Waals surface area (Å²) in [5.41, 5.74) is 0. The minimum Gasteiger partial charge on any atom is -0.0654 e. The molecular formula is C29H60. The topological polar surface area (TPSA) is 0 Å². The van der Waals surface area contributed by atoms with Gasteiger partial charge in [0.05, 0.1) is 0 Å². The van der Waals surface area contributed by atoms with Crippen LogP contribution < -0.4 is 0 Å². The van der Waals surface area contributed by atoms with Crippen LogP contribution in [-0.2, 0) is 0 Å². The standard InChI is InChI=1S/C29H60/c1-5-7-9-11-13-15-16-18-20-22-25-29(4)27-23-26-28(3)24-21-19-17-14-12-10-8-6-2/h28-29H,5-27H2,1-4H3/t28-,29+/m1/s1. The number of hydrogen-bond donors (Lipinski definition) is 0. The van der Waals surface area contributed by atoms with Crippen molar-refractivity contribution in [3.8, 4) is 0 Å². The predicted molar refractivity (Wildman–Crippen MR) is 136 cm³/mol. The lowest BCUT2D eigenvalue weighted by Crippen LogP contribution is -1.99. The van der Waals surface area contributed by atoms with Crippen LogP contribution in [0.5, 0.6) is 0 Å². The first-order chi connectivity index (χ1) is 14.2. The molecule has 0 heterocycles. The van der Waals surface area contributed by atoms with Gasteiger partial charge in [-0.2, -0.15) is 0 Å². The number of hydrogen-bond acceptors (Lipinski definition) is 0. The quantitative estimate of drug-likeness (QED) is 0.139. The Balaban J connectivity index is 3.28. The fourth-order valence-electron chi connectivity index (χ4n) is 4.71. The van der Waals surface area contributed by atoms with Gasteiger partial charge in [0.1, 0.15) is 0 Å². The zero-order valence-corrected chi connectivity index (χ0v) is 21.4. The number of rotatable bonds is 24. The van der Waals surface area contributed by atoms with Crippen LogP contribution in [0.3, 0.4) is 0 Å². The van der Waals surface area contributed by atoms with Gasteiger partial charge in [-0.3, -0.25) is 0 Å². The van der Waals surface area contributed by atoms with Crippen LogP contribution in [0.15, 0.2) is 0 Å². The molecule has 0 N–H and O–H groups in total. The average Bonchev–Trinajstić information content (AvgIpc) is 2.71. The lowest BCUT2D eigenvalue weighted by Gasteiger charge is -2.14. The van der Waals surface area contributed by atoms with Gasteiger partial charge in [0, 0.05) is 0 Å². The van der Waals surface area contributed by atoms with Crippen LogP contribution in [0.25, 0.3) is 0 Å². The van der Waals surface area contributed by atoms with Crippen LogP contribution in [0, 0.1) is 11.8 Å².